The standard InChI is InChI=1S/C16H26N2O2/c1-11(2)9-14-16(20)18(12(3)15(19)17-14)10-13-7-5-4-6-8-13/h4-5,11-14H,6-10H2,1-3H3,(H,17,19). The van der Waals surface area contributed by atoms with Crippen LogP contribution in [-0.4, -0.2) is 35.3 Å². The summed E-state index contributed by atoms with van der Waals surface area (Å²) < 4.78 is 0. The van der Waals surface area contributed by atoms with E-state index in [1.165, 1.54) is 0 Å². The summed E-state index contributed by atoms with van der Waals surface area (Å²) in [5.74, 6) is 0.982. The number of amides is 2. The van der Waals surface area contributed by atoms with Crippen LogP contribution in [0.15, 0.2) is 12.2 Å². The van der Waals surface area contributed by atoms with Gasteiger partial charge in [-0.25, -0.2) is 0 Å². The van der Waals surface area contributed by atoms with E-state index >= 15 is 0 Å². The van der Waals surface area contributed by atoms with Crippen LogP contribution in [0.25, 0.3) is 0 Å². The van der Waals surface area contributed by atoms with Gasteiger partial charge in [0.1, 0.15) is 12.1 Å². The van der Waals surface area contributed by atoms with Gasteiger partial charge in [0.05, 0.1) is 0 Å². The van der Waals surface area contributed by atoms with E-state index in [0.29, 0.717) is 18.4 Å². The van der Waals surface area contributed by atoms with Gasteiger partial charge >= 0.3 is 0 Å². The van der Waals surface area contributed by atoms with Gasteiger partial charge in [-0.05, 0) is 44.4 Å². The Morgan fingerprint density at radius 1 is 1.35 bits per heavy atom. The molecule has 1 aliphatic carbocycles. The number of allylic oxidation sites excluding steroid dienone is 2. The average molecular weight is 278 g/mol. The van der Waals surface area contributed by atoms with Crippen molar-refractivity contribution in [3.8, 4) is 0 Å². The van der Waals surface area contributed by atoms with Crippen LogP contribution in [0.1, 0.15) is 46.5 Å². The molecule has 0 aromatic carbocycles. The minimum Gasteiger partial charge on any atom is -0.343 e. The monoisotopic (exact) mass is 278 g/mol. The van der Waals surface area contributed by atoms with Crippen LogP contribution in [0.5, 0.6) is 0 Å². The van der Waals surface area contributed by atoms with Crippen molar-refractivity contribution >= 4 is 11.8 Å². The van der Waals surface area contributed by atoms with E-state index in [4.69, 9.17) is 0 Å². The highest BCUT2D eigenvalue weighted by molar-refractivity contribution is 5.96. The molecule has 1 heterocycles. The Morgan fingerprint density at radius 2 is 2.10 bits per heavy atom. The van der Waals surface area contributed by atoms with Gasteiger partial charge in [-0.15, -0.1) is 0 Å². The molecule has 0 aromatic heterocycles. The summed E-state index contributed by atoms with van der Waals surface area (Å²) in [6, 6.07) is -0.672. The van der Waals surface area contributed by atoms with Crippen LogP contribution in [0, 0.1) is 11.8 Å². The third kappa shape index (κ3) is 3.41. The lowest BCUT2D eigenvalue weighted by atomic mass is 9.92. The summed E-state index contributed by atoms with van der Waals surface area (Å²) in [4.78, 5) is 26.4. The van der Waals surface area contributed by atoms with Gasteiger partial charge in [0.2, 0.25) is 11.8 Å². The van der Waals surface area contributed by atoms with Crippen LogP contribution in [0.3, 0.4) is 0 Å². The first-order valence-electron chi connectivity index (χ1n) is 7.75. The van der Waals surface area contributed by atoms with Gasteiger partial charge in [-0.1, -0.05) is 26.0 Å². The molecule has 2 rings (SSSR count). The first-order valence-corrected chi connectivity index (χ1v) is 7.75. The number of carbonyl (C=O) groups excluding carboxylic acids is 2. The molecule has 4 heteroatoms. The van der Waals surface area contributed by atoms with Crippen molar-refractivity contribution in [3.05, 3.63) is 12.2 Å². The van der Waals surface area contributed by atoms with Crippen molar-refractivity contribution in [2.24, 2.45) is 11.8 Å². The second kappa shape index (κ2) is 6.42. The summed E-state index contributed by atoms with van der Waals surface area (Å²) in [6.45, 7) is 6.70. The lowest BCUT2D eigenvalue weighted by Gasteiger charge is -2.40. The molecule has 1 saturated heterocycles. The molecule has 4 nitrogen and oxygen atoms in total. The molecule has 20 heavy (non-hydrogen) atoms. The van der Waals surface area contributed by atoms with Crippen molar-refractivity contribution in [2.75, 3.05) is 6.54 Å². The lowest BCUT2D eigenvalue weighted by Crippen LogP contribution is -2.63. The van der Waals surface area contributed by atoms with Crippen molar-refractivity contribution in [3.63, 3.8) is 0 Å². The second-order valence-electron chi connectivity index (χ2n) is 6.51. The lowest BCUT2D eigenvalue weighted by molar-refractivity contribution is -0.149. The SMILES string of the molecule is CC(C)CC1NC(=O)C(C)N(CC2CC=CCC2)C1=O. The molecular weight excluding hydrogens is 252 g/mol. The molecule has 3 atom stereocenters. The van der Waals surface area contributed by atoms with Crippen LogP contribution in [0.2, 0.25) is 0 Å². The Hall–Kier alpha value is -1.32. The fraction of sp³-hybridized carbons (Fsp3) is 0.750. The van der Waals surface area contributed by atoms with E-state index in [1.54, 1.807) is 4.90 Å². The number of hydrogen-bond donors (Lipinski definition) is 1. The molecule has 1 fully saturated rings. The van der Waals surface area contributed by atoms with Gasteiger partial charge in [0.25, 0.3) is 0 Å². The van der Waals surface area contributed by atoms with Gasteiger partial charge in [-0.3, -0.25) is 9.59 Å². The fourth-order valence-electron chi connectivity index (χ4n) is 3.07. The molecule has 0 saturated carbocycles. The zero-order valence-electron chi connectivity index (χ0n) is 12.8. The van der Waals surface area contributed by atoms with Crippen LogP contribution in [-0.2, 0) is 9.59 Å². The molecule has 0 bridgehead atoms. The van der Waals surface area contributed by atoms with Gasteiger partial charge in [0.15, 0.2) is 0 Å². The maximum absolute atomic E-state index is 12.6. The molecule has 0 aromatic rings. The maximum atomic E-state index is 12.6. The van der Waals surface area contributed by atoms with Crippen molar-refractivity contribution < 1.29 is 9.59 Å². The largest absolute Gasteiger partial charge is 0.343 e. The Kier molecular flexibility index (Phi) is 4.84. The Balaban J connectivity index is 2.05. The van der Waals surface area contributed by atoms with Crippen LogP contribution >= 0.6 is 0 Å². The number of carbonyl (C=O) groups is 2. The highest BCUT2D eigenvalue weighted by atomic mass is 16.2. The zero-order valence-corrected chi connectivity index (χ0v) is 12.8. The molecule has 112 valence electrons. The van der Waals surface area contributed by atoms with Crippen LogP contribution < -0.4 is 5.32 Å². The van der Waals surface area contributed by atoms with E-state index < -0.39 is 0 Å². The van der Waals surface area contributed by atoms with Gasteiger partial charge in [-0.2, -0.15) is 0 Å². The van der Waals surface area contributed by atoms with Crippen molar-refractivity contribution in [1.82, 2.24) is 10.2 Å². The predicted octanol–water partition coefficient (Wildman–Crippen LogP) is 2.10. The minimum absolute atomic E-state index is 0.0124. The highest BCUT2D eigenvalue weighted by Crippen LogP contribution is 2.23. The summed E-state index contributed by atoms with van der Waals surface area (Å²) in [5.41, 5.74) is 0. The Labute approximate surface area is 121 Å². The topological polar surface area (TPSA) is 49.4 Å². The summed E-state index contributed by atoms with van der Waals surface area (Å²) >= 11 is 0. The summed E-state index contributed by atoms with van der Waals surface area (Å²) in [7, 11) is 0. The number of piperazine rings is 1. The first-order chi connectivity index (χ1) is 9.49. The molecule has 2 aliphatic rings. The molecule has 1 N–H and O–H groups in total. The van der Waals surface area contributed by atoms with Crippen molar-refractivity contribution in [1.29, 1.82) is 0 Å². The normalized spacial score (nSPS) is 30.8. The smallest absolute Gasteiger partial charge is 0.245 e. The molecule has 0 radical (unpaired) electrons. The predicted molar refractivity (Wildman–Crippen MR) is 79.0 cm³/mol. The van der Waals surface area contributed by atoms with Crippen molar-refractivity contribution in [2.45, 2.75) is 58.5 Å². The molecule has 1 aliphatic heterocycles. The summed E-state index contributed by atoms with van der Waals surface area (Å²) in [6.07, 6.45) is 8.34. The quantitative estimate of drug-likeness (QED) is 0.801. The Morgan fingerprint density at radius 3 is 2.70 bits per heavy atom. The molecular formula is C16H26N2O2. The maximum Gasteiger partial charge on any atom is 0.245 e. The van der Waals surface area contributed by atoms with Gasteiger partial charge < -0.3 is 10.2 Å². The third-order valence-electron chi connectivity index (χ3n) is 4.28. The second-order valence-corrected chi connectivity index (χ2v) is 6.51. The minimum atomic E-state index is -0.336. The third-order valence-corrected chi connectivity index (χ3v) is 4.28. The van der Waals surface area contributed by atoms with E-state index in [-0.39, 0.29) is 23.9 Å². The molecule has 3 unspecified atom stereocenters. The van der Waals surface area contributed by atoms with E-state index in [9.17, 15) is 9.59 Å². The van der Waals surface area contributed by atoms with E-state index in [0.717, 1.165) is 25.7 Å². The number of rotatable bonds is 4. The summed E-state index contributed by atoms with van der Waals surface area (Å²) in [5, 5.41) is 2.87. The Bertz CT molecular complexity index is 403. The zero-order chi connectivity index (χ0) is 14.7. The number of hydrogen-bond acceptors (Lipinski definition) is 2. The number of nitrogens with one attached hydrogen (secondary N) is 1. The molecule has 0 spiro atoms. The van der Waals surface area contributed by atoms with E-state index in [1.807, 2.05) is 6.92 Å². The fourth-order valence-corrected chi connectivity index (χ4v) is 3.07. The highest BCUT2D eigenvalue weighted by Gasteiger charge is 2.38. The average Bonchev–Trinajstić information content (AvgIpc) is 2.41. The first kappa shape index (κ1) is 15.1. The number of nitrogens with zero attached hydrogens (tertiary/aromatic N) is 1. The van der Waals surface area contributed by atoms with Crippen LogP contribution in [0.4, 0.5) is 0 Å². The molecule has 2 amide bonds. The van der Waals surface area contributed by atoms with E-state index in [2.05, 4.69) is 31.3 Å². The van der Waals surface area contributed by atoms with Gasteiger partial charge in [0, 0.05) is 6.54 Å².